The van der Waals surface area contributed by atoms with Gasteiger partial charge in [0.25, 0.3) is 0 Å². The summed E-state index contributed by atoms with van der Waals surface area (Å²) in [5, 5.41) is 4.13. The first kappa shape index (κ1) is 22.2. The second-order valence-electron chi connectivity index (χ2n) is 8.94. The number of rotatable bonds is 6. The van der Waals surface area contributed by atoms with Crippen LogP contribution in [0.25, 0.3) is 0 Å². The molecular formula is C25H29N5O4. The van der Waals surface area contributed by atoms with Gasteiger partial charge in [-0.25, -0.2) is 9.80 Å². The van der Waals surface area contributed by atoms with Crippen LogP contribution < -0.4 is 15.5 Å². The van der Waals surface area contributed by atoms with Crippen molar-refractivity contribution in [2.45, 2.75) is 44.6 Å². The minimum atomic E-state index is -0.612. The van der Waals surface area contributed by atoms with E-state index in [0.717, 1.165) is 31.2 Å². The number of carbonyl (C=O) groups is 3. The normalized spacial score (nSPS) is 24.0. The lowest BCUT2D eigenvalue weighted by atomic mass is 9.81. The Morgan fingerprint density at radius 1 is 1.06 bits per heavy atom. The predicted octanol–water partition coefficient (Wildman–Crippen LogP) is 2.76. The lowest BCUT2D eigenvalue weighted by Crippen LogP contribution is -2.65. The molecule has 1 saturated carbocycles. The number of fused-ring (bicyclic) bond motifs is 3. The third-order valence-electron chi connectivity index (χ3n) is 6.85. The van der Waals surface area contributed by atoms with Gasteiger partial charge in [0.2, 0.25) is 11.8 Å². The number of urea groups is 1. The summed E-state index contributed by atoms with van der Waals surface area (Å²) in [6.45, 7) is 0.209. The maximum absolute atomic E-state index is 13.5. The molecule has 2 saturated heterocycles. The fourth-order valence-corrected chi connectivity index (χ4v) is 5.25. The Bertz CT molecular complexity index is 1080. The van der Waals surface area contributed by atoms with Crippen LogP contribution in [0.3, 0.4) is 0 Å². The molecule has 2 heterocycles. The Hall–Kier alpha value is -3.59. The highest BCUT2D eigenvalue weighted by atomic mass is 16.5. The number of hydrazine groups is 1. The largest absolute Gasteiger partial charge is 0.495 e. The molecule has 2 N–H and O–H groups in total. The van der Waals surface area contributed by atoms with Gasteiger partial charge in [0.15, 0.2) is 6.29 Å². The number of para-hydroxylation sites is 2. The first-order chi connectivity index (χ1) is 16.6. The van der Waals surface area contributed by atoms with E-state index in [0.29, 0.717) is 18.0 Å². The summed E-state index contributed by atoms with van der Waals surface area (Å²) in [6.07, 6.45) is 2.92. The second-order valence-corrected chi connectivity index (χ2v) is 8.94. The van der Waals surface area contributed by atoms with Crippen LogP contribution in [0, 0.1) is 5.92 Å². The van der Waals surface area contributed by atoms with Crippen LogP contribution in [0.5, 0.6) is 5.75 Å². The number of hydrogen-bond donors (Lipinski definition) is 2. The number of amides is 4. The van der Waals surface area contributed by atoms with Crippen molar-refractivity contribution in [3.8, 4) is 5.75 Å². The number of anilines is 1. The SMILES string of the molecule is COc1ccccc1NC(=O)CN1NC2N(Cc3ccccc3)C(=O)C3CCCCC3N2C1=O. The van der Waals surface area contributed by atoms with Gasteiger partial charge < -0.3 is 15.0 Å². The van der Waals surface area contributed by atoms with Crippen LogP contribution in [-0.4, -0.2) is 58.6 Å². The molecule has 2 aromatic rings. The Kier molecular flexibility index (Phi) is 6.10. The van der Waals surface area contributed by atoms with Crippen LogP contribution in [0.1, 0.15) is 31.2 Å². The standard InChI is InChI=1S/C25H29N5O4/c1-34-21-14-8-6-12-19(21)26-22(31)16-29-25(33)30-20-13-7-5-11-18(20)23(32)28(24(30)27-29)15-17-9-3-2-4-10-17/h2-4,6,8-10,12,14,18,20,24,27H,5,7,11,13,15-16H2,1H3,(H,26,31). The summed E-state index contributed by atoms with van der Waals surface area (Å²) in [6, 6.07) is 16.4. The molecule has 3 unspecified atom stereocenters. The number of ether oxygens (including phenoxy) is 1. The second kappa shape index (κ2) is 9.34. The molecule has 9 nitrogen and oxygen atoms in total. The molecule has 5 rings (SSSR count). The van der Waals surface area contributed by atoms with Gasteiger partial charge in [-0.2, -0.15) is 5.43 Å². The summed E-state index contributed by atoms with van der Waals surface area (Å²) in [5.41, 5.74) is 4.67. The molecule has 178 valence electrons. The van der Waals surface area contributed by atoms with E-state index in [4.69, 9.17) is 4.74 Å². The summed E-state index contributed by atoms with van der Waals surface area (Å²) in [5.74, 6) is 0.0437. The third kappa shape index (κ3) is 4.07. The molecule has 4 amide bonds. The van der Waals surface area contributed by atoms with E-state index in [2.05, 4.69) is 10.7 Å². The van der Waals surface area contributed by atoms with E-state index in [1.807, 2.05) is 36.4 Å². The van der Waals surface area contributed by atoms with E-state index >= 15 is 0 Å². The average Bonchev–Trinajstić information content (AvgIpc) is 3.18. The maximum Gasteiger partial charge on any atom is 0.337 e. The third-order valence-corrected chi connectivity index (χ3v) is 6.85. The van der Waals surface area contributed by atoms with Crippen LogP contribution in [0.4, 0.5) is 10.5 Å². The van der Waals surface area contributed by atoms with Crippen molar-refractivity contribution in [2.75, 3.05) is 19.0 Å². The number of methoxy groups -OCH3 is 1. The van der Waals surface area contributed by atoms with E-state index < -0.39 is 6.29 Å². The zero-order chi connectivity index (χ0) is 23.7. The van der Waals surface area contributed by atoms with Gasteiger partial charge in [0.1, 0.15) is 12.3 Å². The van der Waals surface area contributed by atoms with Gasteiger partial charge in [-0.05, 0) is 30.5 Å². The lowest BCUT2D eigenvalue weighted by Gasteiger charge is -2.48. The number of carbonyl (C=O) groups excluding carboxylic acids is 3. The summed E-state index contributed by atoms with van der Waals surface area (Å²) in [4.78, 5) is 43.3. The van der Waals surface area contributed by atoms with Crippen molar-refractivity contribution in [3.05, 3.63) is 60.2 Å². The molecule has 1 aliphatic carbocycles. The van der Waals surface area contributed by atoms with Crippen molar-refractivity contribution in [3.63, 3.8) is 0 Å². The summed E-state index contributed by atoms with van der Waals surface area (Å²) < 4.78 is 5.29. The topological polar surface area (TPSA) is 94.2 Å². The van der Waals surface area contributed by atoms with Crippen LogP contribution in [0.15, 0.2) is 54.6 Å². The van der Waals surface area contributed by atoms with Crippen LogP contribution in [0.2, 0.25) is 0 Å². The quantitative estimate of drug-likeness (QED) is 0.687. The molecule has 0 spiro atoms. The summed E-state index contributed by atoms with van der Waals surface area (Å²) >= 11 is 0. The van der Waals surface area contributed by atoms with Crippen molar-refractivity contribution < 1.29 is 19.1 Å². The van der Waals surface area contributed by atoms with Crippen molar-refractivity contribution in [1.29, 1.82) is 0 Å². The molecule has 2 aromatic carbocycles. The molecule has 3 fully saturated rings. The minimum Gasteiger partial charge on any atom is -0.495 e. The van der Waals surface area contributed by atoms with Gasteiger partial charge in [0, 0.05) is 12.6 Å². The molecular weight excluding hydrogens is 434 g/mol. The molecule has 34 heavy (non-hydrogen) atoms. The van der Waals surface area contributed by atoms with Crippen molar-refractivity contribution in [2.24, 2.45) is 5.92 Å². The first-order valence-corrected chi connectivity index (χ1v) is 11.7. The van der Waals surface area contributed by atoms with E-state index in [9.17, 15) is 14.4 Å². The molecule has 3 aliphatic rings. The molecule has 0 bridgehead atoms. The fourth-order valence-electron chi connectivity index (χ4n) is 5.25. The van der Waals surface area contributed by atoms with Gasteiger partial charge in [-0.3, -0.25) is 14.5 Å². The van der Waals surface area contributed by atoms with Gasteiger partial charge in [-0.15, -0.1) is 0 Å². The minimum absolute atomic E-state index is 0.0652. The van der Waals surface area contributed by atoms with Crippen LogP contribution in [-0.2, 0) is 16.1 Å². The smallest absolute Gasteiger partial charge is 0.337 e. The van der Waals surface area contributed by atoms with Gasteiger partial charge in [-0.1, -0.05) is 55.3 Å². The number of benzene rings is 2. The molecule has 0 aromatic heterocycles. The molecule has 3 atom stereocenters. The Morgan fingerprint density at radius 3 is 2.59 bits per heavy atom. The number of hydrogen-bond acceptors (Lipinski definition) is 5. The highest BCUT2D eigenvalue weighted by Gasteiger charge is 2.54. The van der Waals surface area contributed by atoms with Crippen LogP contribution >= 0.6 is 0 Å². The van der Waals surface area contributed by atoms with Crippen molar-refractivity contribution >= 4 is 23.5 Å². The monoisotopic (exact) mass is 463 g/mol. The van der Waals surface area contributed by atoms with E-state index in [-0.39, 0.29) is 36.3 Å². The van der Waals surface area contributed by atoms with E-state index in [1.54, 1.807) is 28.0 Å². The molecule has 9 heteroatoms. The number of nitrogens with one attached hydrogen (secondary N) is 2. The first-order valence-electron chi connectivity index (χ1n) is 11.7. The summed E-state index contributed by atoms with van der Waals surface area (Å²) in [7, 11) is 1.54. The highest BCUT2D eigenvalue weighted by Crippen LogP contribution is 2.38. The van der Waals surface area contributed by atoms with Crippen molar-refractivity contribution in [1.82, 2.24) is 20.2 Å². The average molecular weight is 464 g/mol. The maximum atomic E-state index is 13.5. The number of nitrogens with zero attached hydrogens (tertiary/aromatic N) is 3. The predicted molar refractivity (Wildman–Crippen MR) is 125 cm³/mol. The molecule has 2 aliphatic heterocycles. The zero-order valence-electron chi connectivity index (χ0n) is 19.1. The van der Waals surface area contributed by atoms with E-state index in [1.165, 1.54) is 12.1 Å². The zero-order valence-corrected chi connectivity index (χ0v) is 19.1. The Labute approximate surface area is 198 Å². The van der Waals surface area contributed by atoms with Gasteiger partial charge >= 0.3 is 6.03 Å². The highest BCUT2D eigenvalue weighted by molar-refractivity contribution is 5.96. The fraction of sp³-hybridized carbons (Fsp3) is 0.400. The molecule has 0 radical (unpaired) electrons. The van der Waals surface area contributed by atoms with Gasteiger partial charge in [0.05, 0.1) is 18.7 Å². The Balaban J connectivity index is 1.36. The Morgan fingerprint density at radius 2 is 1.79 bits per heavy atom. The lowest BCUT2D eigenvalue weighted by molar-refractivity contribution is -0.157.